The Kier molecular flexibility index (Phi) is 3.31. The molecule has 0 bridgehead atoms. The van der Waals surface area contributed by atoms with Crippen LogP contribution in [-0.4, -0.2) is 58.8 Å². The van der Waals surface area contributed by atoms with Gasteiger partial charge < -0.3 is 0 Å². The van der Waals surface area contributed by atoms with E-state index in [1.807, 2.05) is 52.5 Å². The lowest BCUT2D eigenvalue weighted by molar-refractivity contribution is -0.493. The zero-order valence-corrected chi connectivity index (χ0v) is 10.9. The lowest BCUT2D eigenvalue weighted by atomic mass is 10.3. The first-order valence-electron chi connectivity index (χ1n) is 5.46. The summed E-state index contributed by atoms with van der Waals surface area (Å²) in [5.74, 6) is 0. The number of hydrogen-bond donors (Lipinski definition) is 0. The highest BCUT2D eigenvalue weighted by Crippen LogP contribution is 2.08. The molecule has 18 heavy (non-hydrogen) atoms. The smallest absolute Gasteiger partial charge is 0.231 e. The molecular weight excluding hydrogens is 234 g/mol. The zero-order chi connectivity index (χ0) is 13.1. The number of fused-ring (bicyclic) bond motifs is 1. The molecular formula is C11H16N5O2+. The summed E-state index contributed by atoms with van der Waals surface area (Å²) >= 11 is 0. The highest BCUT2D eigenvalue weighted by atomic mass is 17.3. The molecule has 1 aromatic heterocycles. The summed E-state index contributed by atoms with van der Waals surface area (Å²) < 4.78 is 1.79. The van der Waals surface area contributed by atoms with Crippen molar-refractivity contribution in [1.82, 2.24) is 20.1 Å². The van der Waals surface area contributed by atoms with Gasteiger partial charge in [0.2, 0.25) is 0 Å². The number of para-hydroxylation sites is 1. The summed E-state index contributed by atoms with van der Waals surface area (Å²) in [5, 5.41) is 7.81. The molecule has 0 fully saturated rings. The second-order valence-electron chi connectivity index (χ2n) is 4.18. The number of hydrogen-bond acceptors (Lipinski definition) is 4. The molecule has 0 unspecified atom stereocenters. The van der Waals surface area contributed by atoms with E-state index in [4.69, 9.17) is 9.88 Å². The molecule has 0 saturated heterocycles. The molecule has 0 spiro atoms. The van der Waals surface area contributed by atoms with Crippen molar-refractivity contribution in [3.05, 3.63) is 24.3 Å². The molecule has 2 rings (SSSR count). The van der Waals surface area contributed by atoms with E-state index >= 15 is 0 Å². The molecule has 2 aromatic rings. The third-order valence-corrected chi connectivity index (χ3v) is 2.27. The van der Waals surface area contributed by atoms with Crippen LogP contribution in [0.25, 0.3) is 11.0 Å². The molecule has 0 atom stereocenters. The minimum Gasteiger partial charge on any atom is -0.231 e. The van der Waals surface area contributed by atoms with Crippen molar-refractivity contribution in [3.63, 3.8) is 0 Å². The third kappa shape index (κ3) is 2.34. The van der Waals surface area contributed by atoms with E-state index < -0.39 is 0 Å². The SMILES string of the molecule is CN(C)C(OOn1nnc2ccccc21)=[N+](C)C. The molecule has 0 aliphatic heterocycles. The Morgan fingerprint density at radius 3 is 2.67 bits per heavy atom. The first-order chi connectivity index (χ1) is 8.59. The average Bonchev–Trinajstić information content (AvgIpc) is 2.72. The number of aromatic nitrogens is 3. The van der Waals surface area contributed by atoms with Crippen molar-refractivity contribution in [2.45, 2.75) is 0 Å². The molecule has 0 amide bonds. The molecule has 1 aromatic carbocycles. The van der Waals surface area contributed by atoms with Crippen LogP contribution < -0.4 is 4.99 Å². The van der Waals surface area contributed by atoms with Gasteiger partial charge in [-0.1, -0.05) is 12.1 Å². The first kappa shape index (κ1) is 12.2. The summed E-state index contributed by atoms with van der Waals surface area (Å²) in [7, 11) is 7.44. The fraction of sp³-hybridized carbons (Fsp3) is 0.364. The summed E-state index contributed by atoms with van der Waals surface area (Å²) in [6.07, 6.45) is 0. The van der Waals surface area contributed by atoms with E-state index in [0.29, 0.717) is 6.02 Å². The first-order valence-corrected chi connectivity index (χ1v) is 5.46. The van der Waals surface area contributed by atoms with E-state index in [0.717, 1.165) is 11.0 Å². The molecule has 1 heterocycles. The van der Waals surface area contributed by atoms with Gasteiger partial charge in [-0.05, 0) is 22.2 Å². The lowest BCUT2D eigenvalue weighted by Crippen LogP contribution is -2.35. The largest absolute Gasteiger partial charge is 0.489 e. The maximum absolute atomic E-state index is 5.25. The predicted molar refractivity (Wildman–Crippen MR) is 66.0 cm³/mol. The molecule has 0 radical (unpaired) electrons. The van der Waals surface area contributed by atoms with Crippen molar-refractivity contribution < 1.29 is 14.5 Å². The third-order valence-electron chi connectivity index (χ3n) is 2.27. The van der Waals surface area contributed by atoms with E-state index in [-0.39, 0.29) is 0 Å². The average molecular weight is 250 g/mol. The normalized spacial score (nSPS) is 10.2. The monoisotopic (exact) mass is 250 g/mol. The van der Waals surface area contributed by atoms with Gasteiger partial charge >= 0.3 is 6.02 Å². The van der Waals surface area contributed by atoms with E-state index in [1.54, 1.807) is 9.48 Å². The number of nitrogens with zero attached hydrogens (tertiary/aromatic N) is 5. The number of rotatable bonds is 2. The number of amidine groups is 1. The van der Waals surface area contributed by atoms with Crippen LogP contribution in [-0.2, 0) is 4.89 Å². The summed E-state index contributed by atoms with van der Waals surface area (Å²) in [5.41, 5.74) is 1.49. The topological polar surface area (TPSA) is 55.4 Å². The van der Waals surface area contributed by atoms with Crippen molar-refractivity contribution in [2.24, 2.45) is 0 Å². The van der Waals surface area contributed by atoms with Gasteiger partial charge in [0, 0.05) is 0 Å². The molecule has 0 saturated carbocycles. The van der Waals surface area contributed by atoms with Gasteiger partial charge in [-0.3, -0.25) is 0 Å². The number of benzene rings is 1. The Balaban J connectivity index is 2.18. The maximum atomic E-state index is 5.25. The summed E-state index contributed by atoms with van der Waals surface area (Å²) in [6.45, 7) is 0. The van der Waals surface area contributed by atoms with Crippen LogP contribution in [0, 0.1) is 0 Å². The van der Waals surface area contributed by atoms with E-state index in [1.165, 1.54) is 4.85 Å². The van der Waals surface area contributed by atoms with Gasteiger partial charge in [-0.15, -0.1) is 5.10 Å². The van der Waals surface area contributed by atoms with Crippen LogP contribution in [0.15, 0.2) is 24.3 Å². The zero-order valence-electron chi connectivity index (χ0n) is 10.9. The van der Waals surface area contributed by atoms with Crippen LogP contribution in [0.4, 0.5) is 0 Å². The predicted octanol–water partition coefficient (Wildman–Crippen LogP) is -0.0188. The molecule has 7 nitrogen and oxygen atoms in total. The van der Waals surface area contributed by atoms with Gasteiger partial charge in [0.25, 0.3) is 0 Å². The van der Waals surface area contributed by atoms with Crippen LogP contribution in [0.3, 0.4) is 0 Å². The van der Waals surface area contributed by atoms with Gasteiger partial charge in [0.15, 0.2) is 0 Å². The van der Waals surface area contributed by atoms with Crippen LogP contribution in [0.2, 0.25) is 0 Å². The molecule has 0 aliphatic rings. The summed E-state index contributed by atoms with van der Waals surface area (Å²) in [6, 6.07) is 8.02. The Bertz CT molecular complexity index is 572. The Hall–Kier alpha value is -2.31. The minimum absolute atomic E-state index is 0.551. The van der Waals surface area contributed by atoms with Crippen molar-refractivity contribution >= 4 is 17.1 Å². The Morgan fingerprint density at radius 2 is 2.00 bits per heavy atom. The second-order valence-corrected chi connectivity index (χ2v) is 4.18. The summed E-state index contributed by atoms with van der Waals surface area (Å²) in [4.78, 5) is 13.4. The molecule has 0 N–H and O–H groups in total. The van der Waals surface area contributed by atoms with Crippen molar-refractivity contribution in [2.75, 3.05) is 28.2 Å². The molecule has 96 valence electrons. The maximum Gasteiger partial charge on any atom is 0.489 e. The van der Waals surface area contributed by atoms with Gasteiger partial charge in [0.05, 0.1) is 28.2 Å². The Labute approximate surface area is 105 Å². The second kappa shape index (κ2) is 4.91. The van der Waals surface area contributed by atoms with Crippen LogP contribution >= 0.6 is 0 Å². The molecule has 0 aliphatic carbocycles. The fourth-order valence-corrected chi connectivity index (χ4v) is 1.52. The van der Waals surface area contributed by atoms with Crippen LogP contribution in [0.5, 0.6) is 0 Å². The van der Waals surface area contributed by atoms with Crippen molar-refractivity contribution in [1.29, 1.82) is 0 Å². The van der Waals surface area contributed by atoms with Gasteiger partial charge in [-0.25, -0.2) is 9.48 Å². The standard InChI is InChI=1S/C11H16N5O2/c1-14(2)11(15(3)4)17-18-16-10-8-6-5-7-9(10)12-13-16/h5-8H,1-4H3/q+1. The minimum atomic E-state index is 0.551. The van der Waals surface area contributed by atoms with Gasteiger partial charge in [0.1, 0.15) is 11.0 Å². The lowest BCUT2D eigenvalue weighted by Gasteiger charge is -2.09. The highest BCUT2D eigenvalue weighted by Gasteiger charge is 2.16. The van der Waals surface area contributed by atoms with Crippen LogP contribution in [0.1, 0.15) is 0 Å². The van der Waals surface area contributed by atoms with E-state index in [9.17, 15) is 0 Å². The molecule has 7 heteroatoms. The Morgan fingerprint density at radius 1 is 1.28 bits per heavy atom. The highest BCUT2D eigenvalue weighted by molar-refractivity contribution is 5.73. The van der Waals surface area contributed by atoms with Crippen molar-refractivity contribution in [3.8, 4) is 0 Å². The van der Waals surface area contributed by atoms with Gasteiger partial charge in [-0.2, -0.15) is 9.88 Å². The quantitative estimate of drug-likeness (QED) is 0.246. The fourth-order valence-electron chi connectivity index (χ4n) is 1.52. The van der Waals surface area contributed by atoms with E-state index in [2.05, 4.69) is 10.3 Å².